The maximum absolute atomic E-state index is 12.2. The second-order valence-electron chi connectivity index (χ2n) is 5.62. The molecule has 0 radical (unpaired) electrons. The highest BCUT2D eigenvalue weighted by atomic mass is 16.2. The Kier molecular flexibility index (Phi) is 4.60. The van der Waals surface area contributed by atoms with E-state index in [2.05, 4.69) is 25.7 Å². The van der Waals surface area contributed by atoms with E-state index in [1.807, 2.05) is 6.92 Å². The zero-order valence-electron chi connectivity index (χ0n) is 13.9. The van der Waals surface area contributed by atoms with E-state index in [9.17, 15) is 9.59 Å². The van der Waals surface area contributed by atoms with Gasteiger partial charge in [-0.2, -0.15) is 5.10 Å². The van der Waals surface area contributed by atoms with Gasteiger partial charge in [-0.25, -0.2) is 9.67 Å². The van der Waals surface area contributed by atoms with Crippen molar-refractivity contribution in [3.8, 4) is 0 Å². The highest BCUT2D eigenvalue weighted by Gasteiger charge is 2.15. The molecule has 0 aliphatic heterocycles. The molecule has 2 amide bonds. The summed E-state index contributed by atoms with van der Waals surface area (Å²) in [5.74, 6) is -0.388. The normalized spacial score (nSPS) is 11.8. The van der Waals surface area contributed by atoms with Gasteiger partial charge in [0.15, 0.2) is 0 Å². The van der Waals surface area contributed by atoms with Crippen LogP contribution in [-0.4, -0.2) is 31.6 Å². The first-order chi connectivity index (χ1) is 12.0. The zero-order chi connectivity index (χ0) is 17.8. The van der Waals surface area contributed by atoms with E-state index in [0.717, 1.165) is 5.56 Å². The highest BCUT2D eigenvalue weighted by molar-refractivity contribution is 6.05. The van der Waals surface area contributed by atoms with Gasteiger partial charge in [-0.15, -0.1) is 0 Å². The number of H-pyrrole nitrogens is 1. The van der Waals surface area contributed by atoms with Gasteiger partial charge in [0.1, 0.15) is 18.7 Å². The Morgan fingerprint density at radius 1 is 1.12 bits per heavy atom. The number of aryl methyl sites for hydroxylation is 1. The van der Waals surface area contributed by atoms with E-state index in [0.29, 0.717) is 16.9 Å². The lowest BCUT2D eigenvalue weighted by molar-refractivity contribution is -0.119. The summed E-state index contributed by atoms with van der Waals surface area (Å²) >= 11 is 0. The van der Waals surface area contributed by atoms with Crippen molar-refractivity contribution in [1.82, 2.24) is 19.7 Å². The quantitative estimate of drug-likeness (QED) is 0.664. The average molecular weight is 338 g/mol. The van der Waals surface area contributed by atoms with Gasteiger partial charge < -0.3 is 15.6 Å². The summed E-state index contributed by atoms with van der Waals surface area (Å²) in [5.41, 5.74) is 2.75. The predicted molar refractivity (Wildman–Crippen MR) is 93.3 cm³/mol. The second kappa shape index (κ2) is 7.00. The van der Waals surface area contributed by atoms with Crippen molar-refractivity contribution in [3.05, 3.63) is 60.4 Å². The molecule has 0 saturated carbocycles. The van der Waals surface area contributed by atoms with Crippen molar-refractivity contribution in [2.45, 2.75) is 19.9 Å². The zero-order valence-corrected chi connectivity index (χ0v) is 13.9. The van der Waals surface area contributed by atoms with Crippen LogP contribution in [0.2, 0.25) is 0 Å². The lowest BCUT2D eigenvalue weighted by Crippen LogP contribution is -2.24. The Hall–Kier alpha value is -3.42. The topological polar surface area (TPSA) is 105 Å². The number of aromatic nitrogens is 4. The van der Waals surface area contributed by atoms with Gasteiger partial charge in [0.25, 0.3) is 5.91 Å². The lowest BCUT2D eigenvalue weighted by Gasteiger charge is -2.12. The molecule has 25 heavy (non-hydrogen) atoms. The number of carbonyl (C=O) groups excluding carboxylic acids is 2. The summed E-state index contributed by atoms with van der Waals surface area (Å²) in [5, 5.41) is 9.57. The summed E-state index contributed by atoms with van der Waals surface area (Å²) in [7, 11) is 0. The smallest absolute Gasteiger partial charge is 0.257 e. The van der Waals surface area contributed by atoms with Gasteiger partial charge in [0.2, 0.25) is 5.91 Å². The lowest BCUT2D eigenvalue weighted by atomic mass is 10.2. The minimum absolute atomic E-state index is 0.185. The molecule has 1 aromatic carbocycles. The Labute approximate surface area is 144 Å². The number of amides is 2. The predicted octanol–water partition coefficient (Wildman–Crippen LogP) is 2.37. The standard InChI is InChI=1S/C17H18N6O2/c1-11-7-18-8-15(11)17(25)22-14-5-3-13(4-6-14)21-16(24)12(2)23-10-19-9-20-23/h3-10,12,18H,1-2H3,(H,21,24)(H,22,25). The first-order valence-electron chi connectivity index (χ1n) is 7.74. The number of aromatic amines is 1. The molecule has 0 aliphatic carbocycles. The molecule has 0 fully saturated rings. The summed E-state index contributed by atoms with van der Waals surface area (Å²) in [6, 6.07) is 6.45. The van der Waals surface area contributed by atoms with E-state index in [1.165, 1.54) is 17.3 Å². The largest absolute Gasteiger partial charge is 0.367 e. The third kappa shape index (κ3) is 3.74. The maximum Gasteiger partial charge on any atom is 0.257 e. The van der Waals surface area contributed by atoms with E-state index in [-0.39, 0.29) is 11.8 Å². The van der Waals surface area contributed by atoms with Crippen LogP contribution in [-0.2, 0) is 4.79 Å². The fourth-order valence-electron chi connectivity index (χ4n) is 2.31. The van der Waals surface area contributed by atoms with Gasteiger partial charge in [-0.3, -0.25) is 9.59 Å². The third-order valence-corrected chi connectivity index (χ3v) is 3.82. The minimum atomic E-state index is -0.474. The number of carbonyl (C=O) groups is 2. The van der Waals surface area contributed by atoms with Crippen LogP contribution >= 0.6 is 0 Å². The van der Waals surface area contributed by atoms with Gasteiger partial charge in [-0.05, 0) is 43.7 Å². The van der Waals surface area contributed by atoms with E-state index in [1.54, 1.807) is 43.6 Å². The molecule has 2 aromatic heterocycles. The van der Waals surface area contributed by atoms with Gasteiger partial charge in [-0.1, -0.05) is 0 Å². The summed E-state index contributed by atoms with van der Waals surface area (Å²) in [6.07, 6.45) is 6.30. The third-order valence-electron chi connectivity index (χ3n) is 3.82. The van der Waals surface area contributed by atoms with Gasteiger partial charge >= 0.3 is 0 Å². The number of hydrogen-bond acceptors (Lipinski definition) is 4. The monoisotopic (exact) mass is 338 g/mol. The maximum atomic E-state index is 12.2. The first-order valence-corrected chi connectivity index (χ1v) is 7.74. The van der Waals surface area contributed by atoms with Crippen LogP contribution in [0, 0.1) is 6.92 Å². The molecule has 0 bridgehead atoms. The van der Waals surface area contributed by atoms with Crippen LogP contribution in [0.1, 0.15) is 28.9 Å². The number of nitrogens with zero attached hydrogens (tertiary/aromatic N) is 3. The van der Waals surface area contributed by atoms with Crippen molar-refractivity contribution in [3.63, 3.8) is 0 Å². The summed E-state index contributed by atoms with van der Waals surface area (Å²) in [4.78, 5) is 31.1. The van der Waals surface area contributed by atoms with E-state index >= 15 is 0 Å². The van der Waals surface area contributed by atoms with Crippen molar-refractivity contribution in [1.29, 1.82) is 0 Å². The van der Waals surface area contributed by atoms with Crippen molar-refractivity contribution >= 4 is 23.2 Å². The SMILES string of the molecule is Cc1c[nH]cc1C(=O)Nc1ccc(NC(=O)C(C)n2cncn2)cc1. The molecule has 1 unspecified atom stereocenters. The van der Waals surface area contributed by atoms with E-state index in [4.69, 9.17) is 0 Å². The Balaban J connectivity index is 1.61. The molecule has 1 atom stereocenters. The Bertz CT molecular complexity index is 867. The van der Waals surface area contributed by atoms with Crippen LogP contribution in [0.15, 0.2) is 49.3 Å². The van der Waals surface area contributed by atoms with Crippen molar-refractivity contribution in [2.24, 2.45) is 0 Å². The number of rotatable bonds is 5. The van der Waals surface area contributed by atoms with Crippen LogP contribution in [0.4, 0.5) is 11.4 Å². The minimum Gasteiger partial charge on any atom is -0.367 e. The number of anilines is 2. The number of nitrogens with one attached hydrogen (secondary N) is 3. The summed E-state index contributed by atoms with van der Waals surface area (Å²) in [6.45, 7) is 3.60. The Morgan fingerprint density at radius 3 is 2.36 bits per heavy atom. The van der Waals surface area contributed by atoms with Gasteiger partial charge in [0.05, 0.1) is 5.56 Å². The molecule has 8 nitrogen and oxygen atoms in total. The Morgan fingerprint density at radius 2 is 1.80 bits per heavy atom. The van der Waals surface area contributed by atoms with Crippen molar-refractivity contribution < 1.29 is 9.59 Å². The van der Waals surface area contributed by atoms with Gasteiger partial charge in [0, 0.05) is 23.8 Å². The van der Waals surface area contributed by atoms with Crippen LogP contribution in [0.3, 0.4) is 0 Å². The molecule has 3 rings (SSSR count). The second-order valence-corrected chi connectivity index (χ2v) is 5.62. The number of benzene rings is 1. The van der Waals surface area contributed by atoms with Crippen LogP contribution < -0.4 is 10.6 Å². The number of hydrogen-bond donors (Lipinski definition) is 3. The molecule has 0 saturated heterocycles. The highest BCUT2D eigenvalue weighted by Crippen LogP contribution is 2.17. The molecule has 8 heteroatoms. The molecule has 0 aliphatic rings. The molecule has 3 N–H and O–H groups in total. The van der Waals surface area contributed by atoms with E-state index < -0.39 is 6.04 Å². The molecule has 0 spiro atoms. The fourth-order valence-corrected chi connectivity index (χ4v) is 2.31. The first kappa shape index (κ1) is 16.4. The van der Waals surface area contributed by atoms with Crippen molar-refractivity contribution in [2.75, 3.05) is 10.6 Å². The molecular weight excluding hydrogens is 320 g/mol. The molecule has 128 valence electrons. The molecular formula is C17H18N6O2. The average Bonchev–Trinajstić information content (AvgIpc) is 3.27. The van der Waals surface area contributed by atoms with Crippen LogP contribution in [0.25, 0.3) is 0 Å². The fraction of sp³-hybridized carbons (Fsp3) is 0.176. The van der Waals surface area contributed by atoms with Crippen LogP contribution in [0.5, 0.6) is 0 Å². The summed E-state index contributed by atoms with van der Waals surface area (Å²) < 4.78 is 1.48. The molecule has 2 heterocycles. The molecule has 3 aromatic rings.